The SMILES string of the molecule is c1ccc(-c2nc(-c3ccc(-c4cccc5c4oc4c5ccc5c4c4ccccc4n5-c4ccccc4)cc3)nc3ccccc23)cc1. The van der Waals surface area contributed by atoms with Crippen LogP contribution in [0.3, 0.4) is 0 Å². The van der Waals surface area contributed by atoms with E-state index in [-0.39, 0.29) is 0 Å². The number of furan rings is 1. The number of nitrogens with zero attached hydrogens (tertiary/aromatic N) is 3. The van der Waals surface area contributed by atoms with Gasteiger partial charge in [-0.3, -0.25) is 0 Å². The predicted molar refractivity (Wildman–Crippen MR) is 197 cm³/mol. The van der Waals surface area contributed by atoms with Crippen LogP contribution in [0.1, 0.15) is 0 Å². The standard InChI is InChI=1S/C44H27N3O/c1-3-12-29(13-4-1)41-35-16-7-9-20-37(35)45-44(46-41)30-24-22-28(23-25-30)32-18-11-19-33-34-26-27-39-40(43(34)48-42(32)33)36-17-8-10-21-38(36)47(39)31-14-5-2-6-15-31/h1-27H. The van der Waals surface area contributed by atoms with E-state index in [1.54, 1.807) is 0 Å². The van der Waals surface area contributed by atoms with Crippen molar-refractivity contribution in [1.82, 2.24) is 14.5 Å². The Kier molecular flexibility index (Phi) is 5.84. The molecule has 0 bridgehead atoms. The van der Waals surface area contributed by atoms with Gasteiger partial charge in [0.15, 0.2) is 5.82 Å². The van der Waals surface area contributed by atoms with Gasteiger partial charge in [-0.05, 0) is 42.0 Å². The minimum absolute atomic E-state index is 0.707. The maximum absolute atomic E-state index is 6.90. The minimum atomic E-state index is 0.707. The lowest BCUT2D eigenvalue weighted by Gasteiger charge is -2.10. The molecule has 0 spiro atoms. The van der Waals surface area contributed by atoms with Crippen LogP contribution < -0.4 is 0 Å². The first kappa shape index (κ1) is 26.7. The van der Waals surface area contributed by atoms with Crippen molar-refractivity contribution in [3.63, 3.8) is 0 Å². The van der Waals surface area contributed by atoms with E-state index in [9.17, 15) is 0 Å². The summed E-state index contributed by atoms with van der Waals surface area (Å²) in [5.41, 5.74) is 11.3. The molecule has 0 unspecified atom stereocenters. The molecule has 10 aromatic rings. The number of hydrogen-bond donors (Lipinski definition) is 0. The van der Waals surface area contributed by atoms with E-state index in [1.807, 2.05) is 30.3 Å². The zero-order chi connectivity index (χ0) is 31.6. The molecule has 0 atom stereocenters. The van der Waals surface area contributed by atoms with Gasteiger partial charge in [0.05, 0.1) is 27.6 Å². The van der Waals surface area contributed by atoms with E-state index in [0.717, 1.165) is 82.9 Å². The molecule has 0 aliphatic rings. The average molecular weight is 614 g/mol. The van der Waals surface area contributed by atoms with Gasteiger partial charge in [-0.1, -0.05) is 127 Å². The molecule has 0 saturated carbocycles. The topological polar surface area (TPSA) is 43.9 Å². The summed E-state index contributed by atoms with van der Waals surface area (Å²) in [6.07, 6.45) is 0. The van der Waals surface area contributed by atoms with Crippen molar-refractivity contribution in [2.45, 2.75) is 0 Å². The Labute approximate surface area is 276 Å². The number of benzene rings is 7. The second kappa shape index (κ2) is 10.5. The van der Waals surface area contributed by atoms with Gasteiger partial charge in [-0.2, -0.15) is 0 Å². The van der Waals surface area contributed by atoms with Crippen LogP contribution in [0.4, 0.5) is 0 Å². The molecule has 0 fully saturated rings. The van der Waals surface area contributed by atoms with Crippen molar-refractivity contribution in [1.29, 1.82) is 0 Å². The Balaban J connectivity index is 1.13. The molecule has 0 aliphatic heterocycles. The molecule has 7 aromatic carbocycles. The second-order valence-electron chi connectivity index (χ2n) is 12.2. The summed E-state index contributed by atoms with van der Waals surface area (Å²) in [5.74, 6) is 0.707. The lowest BCUT2D eigenvalue weighted by molar-refractivity contribution is 0.674. The Morgan fingerprint density at radius 1 is 0.417 bits per heavy atom. The number of rotatable bonds is 4. The smallest absolute Gasteiger partial charge is 0.160 e. The van der Waals surface area contributed by atoms with Crippen molar-refractivity contribution in [2.24, 2.45) is 0 Å². The predicted octanol–water partition coefficient (Wildman–Crippen LogP) is 11.6. The van der Waals surface area contributed by atoms with Gasteiger partial charge < -0.3 is 8.98 Å². The Morgan fingerprint density at radius 2 is 1.08 bits per heavy atom. The van der Waals surface area contributed by atoms with Crippen molar-refractivity contribution < 1.29 is 4.42 Å². The lowest BCUT2D eigenvalue weighted by Crippen LogP contribution is -1.95. The van der Waals surface area contributed by atoms with Gasteiger partial charge >= 0.3 is 0 Å². The molecule has 0 radical (unpaired) electrons. The van der Waals surface area contributed by atoms with Gasteiger partial charge in [0.25, 0.3) is 0 Å². The highest BCUT2D eigenvalue weighted by Crippen LogP contribution is 2.43. The van der Waals surface area contributed by atoms with E-state index in [2.05, 4.69) is 138 Å². The third-order valence-corrected chi connectivity index (χ3v) is 9.42. The number of hydrogen-bond acceptors (Lipinski definition) is 3. The maximum atomic E-state index is 6.90. The van der Waals surface area contributed by atoms with Gasteiger partial charge in [0.2, 0.25) is 0 Å². The quantitative estimate of drug-likeness (QED) is 0.198. The fraction of sp³-hybridized carbons (Fsp3) is 0. The average Bonchev–Trinajstić information content (AvgIpc) is 3.71. The summed E-state index contributed by atoms with van der Waals surface area (Å²) >= 11 is 0. The molecule has 10 rings (SSSR count). The van der Waals surface area contributed by atoms with Crippen LogP contribution in [-0.4, -0.2) is 14.5 Å². The second-order valence-corrected chi connectivity index (χ2v) is 12.2. The maximum Gasteiger partial charge on any atom is 0.160 e. The summed E-state index contributed by atoms with van der Waals surface area (Å²) in [4.78, 5) is 10.0. The fourth-order valence-electron chi connectivity index (χ4n) is 7.21. The molecule has 224 valence electrons. The van der Waals surface area contributed by atoms with Crippen molar-refractivity contribution in [3.05, 3.63) is 164 Å². The van der Waals surface area contributed by atoms with Crippen LogP contribution >= 0.6 is 0 Å². The molecule has 0 N–H and O–H groups in total. The van der Waals surface area contributed by atoms with E-state index in [4.69, 9.17) is 14.4 Å². The molecule has 0 saturated heterocycles. The van der Waals surface area contributed by atoms with E-state index in [1.165, 1.54) is 5.39 Å². The van der Waals surface area contributed by atoms with Crippen molar-refractivity contribution in [2.75, 3.05) is 0 Å². The van der Waals surface area contributed by atoms with Crippen molar-refractivity contribution >= 4 is 54.6 Å². The number of fused-ring (bicyclic) bond motifs is 8. The van der Waals surface area contributed by atoms with Crippen LogP contribution in [0.15, 0.2) is 168 Å². The van der Waals surface area contributed by atoms with E-state index >= 15 is 0 Å². The summed E-state index contributed by atoms with van der Waals surface area (Å²) in [6.45, 7) is 0. The largest absolute Gasteiger partial charge is 0.455 e. The van der Waals surface area contributed by atoms with Gasteiger partial charge in [0.1, 0.15) is 11.2 Å². The highest BCUT2D eigenvalue weighted by molar-refractivity contribution is 6.24. The Bertz CT molecular complexity index is 2810. The van der Waals surface area contributed by atoms with Crippen molar-refractivity contribution in [3.8, 4) is 39.5 Å². The molecule has 4 nitrogen and oxygen atoms in total. The highest BCUT2D eigenvalue weighted by Gasteiger charge is 2.20. The first-order valence-corrected chi connectivity index (χ1v) is 16.2. The molecular weight excluding hydrogens is 587 g/mol. The summed E-state index contributed by atoms with van der Waals surface area (Å²) in [7, 11) is 0. The zero-order valence-electron chi connectivity index (χ0n) is 25.8. The molecule has 0 amide bonds. The first-order chi connectivity index (χ1) is 23.8. The van der Waals surface area contributed by atoms with Crippen LogP contribution in [0.5, 0.6) is 0 Å². The van der Waals surface area contributed by atoms with Gasteiger partial charge in [0, 0.05) is 43.9 Å². The normalized spacial score (nSPS) is 11.8. The van der Waals surface area contributed by atoms with Gasteiger partial charge in [-0.15, -0.1) is 0 Å². The van der Waals surface area contributed by atoms with Gasteiger partial charge in [-0.25, -0.2) is 9.97 Å². The van der Waals surface area contributed by atoms with Crippen LogP contribution in [0.25, 0.3) is 94.1 Å². The summed E-state index contributed by atoms with van der Waals surface area (Å²) < 4.78 is 9.23. The summed E-state index contributed by atoms with van der Waals surface area (Å²) in [5, 5.41) is 5.58. The van der Waals surface area contributed by atoms with E-state index < -0.39 is 0 Å². The summed E-state index contributed by atoms with van der Waals surface area (Å²) in [6, 6.07) is 57.0. The molecule has 0 aliphatic carbocycles. The van der Waals surface area contributed by atoms with Crippen LogP contribution in [0, 0.1) is 0 Å². The molecule has 4 heteroatoms. The van der Waals surface area contributed by atoms with E-state index in [0.29, 0.717) is 5.82 Å². The first-order valence-electron chi connectivity index (χ1n) is 16.2. The monoisotopic (exact) mass is 613 g/mol. The minimum Gasteiger partial charge on any atom is -0.455 e. The third-order valence-electron chi connectivity index (χ3n) is 9.42. The Hall–Kier alpha value is -6.52. The highest BCUT2D eigenvalue weighted by atomic mass is 16.3. The van der Waals surface area contributed by atoms with Crippen LogP contribution in [0.2, 0.25) is 0 Å². The number of para-hydroxylation sites is 4. The molecular formula is C44H27N3O. The fourth-order valence-corrected chi connectivity index (χ4v) is 7.21. The molecule has 3 aromatic heterocycles. The third kappa shape index (κ3) is 4.03. The number of aromatic nitrogens is 3. The Morgan fingerprint density at radius 3 is 1.92 bits per heavy atom. The van der Waals surface area contributed by atoms with Crippen LogP contribution in [-0.2, 0) is 0 Å². The lowest BCUT2D eigenvalue weighted by atomic mass is 10.0. The zero-order valence-corrected chi connectivity index (χ0v) is 25.8. The molecule has 3 heterocycles. The molecule has 48 heavy (non-hydrogen) atoms.